The predicted molar refractivity (Wildman–Crippen MR) is 126 cm³/mol. The Morgan fingerprint density at radius 1 is 0.794 bits per heavy atom. The van der Waals surface area contributed by atoms with Crippen molar-refractivity contribution in [2.24, 2.45) is 0 Å². The van der Waals surface area contributed by atoms with E-state index in [-0.39, 0.29) is 11.9 Å². The lowest BCUT2D eigenvalue weighted by atomic mass is 9.82. The van der Waals surface area contributed by atoms with Crippen molar-refractivity contribution in [3.63, 3.8) is 0 Å². The van der Waals surface area contributed by atoms with Crippen LogP contribution < -0.4 is 19.1 Å². The first-order valence-electron chi connectivity index (χ1n) is 10.9. The van der Waals surface area contributed by atoms with Crippen molar-refractivity contribution in [3.8, 4) is 17.2 Å². The largest absolute Gasteiger partial charge is 0.466 e. The normalized spacial score (nSPS) is 14.3. The first-order valence-corrected chi connectivity index (χ1v) is 10.9. The van der Waals surface area contributed by atoms with Gasteiger partial charge in [0.2, 0.25) is 5.60 Å². The summed E-state index contributed by atoms with van der Waals surface area (Å²) in [5.74, 6) is 0.148. The predicted octanol–water partition coefficient (Wildman–Crippen LogP) is 4.61. The number of nitrogens with zero attached hydrogens (tertiary/aromatic N) is 1. The molecule has 0 atom stereocenters. The number of ether oxygens (including phenoxy) is 3. The lowest BCUT2D eigenvalue weighted by Gasteiger charge is -2.44. The second-order valence-corrected chi connectivity index (χ2v) is 8.26. The highest BCUT2D eigenvalue weighted by molar-refractivity contribution is 6.06. The molecule has 0 bridgehead atoms. The molecule has 1 heterocycles. The molecule has 3 aromatic carbocycles. The molecule has 0 aromatic heterocycles. The smallest absolute Gasteiger partial charge is 0.308 e. The van der Waals surface area contributed by atoms with Gasteiger partial charge in [-0.2, -0.15) is 0 Å². The molecule has 0 N–H and O–H groups in total. The summed E-state index contributed by atoms with van der Waals surface area (Å²) in [6.45, 7) is 6.54. The van der Waals surface area contributed by atoms with Crippen LogP contribution in [0.4, 0.5) is 5.69 Å². The van der Waals surface area contributed by atoms with Crippen molar-refractivity contribution >= 4 is 23.5 Å². The Hall–Kier alpha value is -4.13. The number of anilines is 1. The minimum absolute atomic E-state index is 0.141. The van der Waals surface area contributed by atoms with E-state index in [1.807, 2.05) is 38.1 Å². The third kappa shape index (κ3) is 4.12. The topological polar surface area (TPSA) is 82.1 Å². The highest BCUT2D eigenvalue weighted by Gasteiger charge is 2.52. The third-order valence-corrected chi connectivity index (χ3v) is 5.47. The number of amides is 1. The molecule has 34 heavy (non-hydrogen) atoms. The van der Waals surface area contributed by atoms with Crippen LogP contribution in [0.5, 0.6) is 17.2 Å². The van der Waals surface area contributed by atoms with Gasteiger partial charge in [-0.3, -0.25) is 14.4 Å². The summed E-state index contributed by atoms with van der Waals surface area (Å²) in [6, 6.07) is 20.6. The summed E-state index contributed by atoms with van der Waals surface area (Å²) in [4.78, 5) is 38.6. The number of carbonyl (C=O) groups is 3. The van der Waals surface area contributed by atoms with Crippen LogP contribution in [0.1, 0.15) is 38.8 Å². The van der Waals surface area contributed by atoms with Gasteiger partial charge in [-0.25, -0.2) is 0 Å². The van der Waals surface area contributed by atoms with Crippen molar-refractivity contribution in [1.82, 2.24) is 0 Å². The summed E-state index contributed by atoms with van der Waals surface area (Å²) in [6.07, 6.45) is 0. The van der Waals surface area contributed by atoms with Crippen LogP contribution in [0.2, 0.25) is 0 Å². The van der Waals surface area contributed by atoms with Gasteiger partial charge in [0.25, 0.3) is 5.91 Å². The molecule has 1 amide bonds. The minimum Gasteiger partial charge on any atom is -0.466 e. The van der Waals surface area contributed by atoms with Gasteiger partial charge in [0, 0.05) is 31.0 Å². The summed E-state index contributed by atoms with van der Waals surface area (Å²) in [5, 5.41) is 0. The molecule has 0 saturated heterocycles. The zero-order chi connectivity index (χ0) is 24.5. The summed E-state index contributed by atoms with van der Waals surface area (Å²) < 4.78 is 16.9. The van der Waals surface area contributed by atoms with Crippen LogP contribution in [0.25, 0.3) is 0 Å². The van der Waals surface area contributed by atoms with Gasteiger partial charge < -0.3 is 19.1 Å². The Balaban J connectivity index is 1.91. The number of rotatable bonds is 5. The zero-order valence-electron chi connectivity index (χ0n) is 19.4. The van der Waals surface area contributed by atoms with E-state index in [1.54, 1.807) is 53.4 Å². The number of benzene rings is 3. The third-order valence-electron chi connectivity index (χ3n) is 5.47. The monoisotopic (exact) mass is 459 g/mol. The number of carbonyl (C=O) groups excluding carboxylic acids is 3. The van der Waals surface area contributed by atoms with Gasteiger partial charge in [0.1, 0.15) is 17.2 Å². The lowest BCUT2D eigenvalue weighted by Crippen LogP contribution is -2.56. The highest BCUT2D eigenvalue weighted by Crippen LogP contribution is 2.47. The molecule has 0 unspecified atom stereocenters. The Morgan fingerprint density at radius 2 is 1.26 bits per heavy atom. The second-order valence-electron chi connectivity index (χ2n) is 8.26. The maximum absolute atomic E-state index is 14.2. The molecular weight excluding hydrogens is 434 g/mol. The molecule has 0 aliphatic carbocycles. The van der Waals surface area contributed by atoms with E-state index < -0.39 is 17.5 Å². The van der Waals surface area contributed by atoms with Gasteiger partial charge in [0.05, 0.1) is 5.69 Å². The lowest BCUT2D eigenvalue weighted by molar-refractivity contribution is -0.134. The summed E-state index contributed by atoms with van der Waals surface area (Å²) >= 11 is 0. The van der Waals surface area contributed by atoms with Crippen LogP contribution >= 0.6 is 0 Å². The highest BCUT2D eigenvalue weighted by atomic mass is 16.5. The fourth-order valence-electron chi connectivity index (χ4n) is 4.12. The first kappa shape index (κ1) is 23.0. The van der Waals surface area contributed by atoms with Gasteiger partial charge in [-0.05, 0) is 50.2 Å². The maximum atomic E-state index is 14.2. The molecule has 7 nitrogen and oxygen atoms in total. The molecule has 3 aromatic rings. The van der Waals surface area contributed by atoms with Crippen LogP contribution in [-0.2, 0) is 20.0 Å². The van der Waals surface area contributed by atoms with E-state index in [4.69, 9.17) is 14.2 Å². The molecule has 0 fully saturated rings. The van der Waals surface area contributed by atoms with Crippen molar-refractivity contribution in [1.29, 1.82) is 0 Å². The van der Waals surface area contributed by atoms with Crippen molar-refractivity contribution < 1.29 is 28.6 Å². The van der Waals surface area contributed by atoms with Crippen LogP contribution in [0.15, 0.2) is 72.8 Å². The fraction of sp³-hybridized carbons (Fsp3) is 0.222. The Bertz CT molecular complexity index is 1170. The van der Waals surface area contributed by atoms with E-state index in [2.05, 4.69) is 0 Å². The molecule has 174 valence electrons. The Kier molecular flexibility index (Phi) is 6.11. The van der Waals surface area contributed by atoms with E-state index in [9.17, 15) is 14.4 Å². The maximum Gasteiger partial charge on any atom is 0.308 e. The van der Waals surface area contributed by atoms with E-state index in [0.29, 0.717) is 34.1 Å². The van der Waals surface area contributed by atoms with Crippen molar-refractivity contribution in [2.45, 2.75) is 39.3 Å². The van der Waals surface area contributed by atoms with E-state index in [0.717, 1.165) is 0 Å². The average Bonchev–Trinajstić information content (AvgIpc) is 2.79. The van der Waals surface area contributed by atoms with Crippen molar-refractivity contribution in [2.75, 3.05) is 4.90 Å². The second kappa shape index (κ2) is 9.02. The van der Waals surface area contributed by atoms with Crippen LogP contribution in [-0.4, -0.2) is 23.9 Å². The van der Waals surface area contributed by atoms with Gasteiger partial charge >= 0.3 is 11.9 Å². The van der Waals surface area contributed by atoms with Crippen LogP contribution in [0.3, 0.4) is 0 Å². The van der Waals surface area contributed by atoms with Crippen LogP contribution in [0, 0.1) is 0 Å². The molecule has 0 spiro atoms. The number of esters is 2. The first-order chi connectivity index (χ1) is 16.2. The number of hydrogen-bond donors (Lipinski definition) is 0. The van der Waals surface area contributed by atoms with Gasteiger partial charge in [0.15, 0.2) is 0 Å². The average molecular weight is 459 g/mol. The molecule has 0 saturated carbocycles. The standard InChI is InChI=1S/C27H25NO6/c1-17(2)28-24-7-5-6-8-25(24)34-27(26(28)31,20-9-13-22(14-10-20)32-18(3)29)21-11-15-23(16-12-21)33-19(4)30/h5-17H,1-4H3. The van der Waals surface area contributed by atoms with Crippen molar-refractivity contribution in [3.05, 3.63) is 83.9 Å². The SMILES string of the molecule is CC(=O)Oc1ccc(C2(c3ccc(OC(C)=O)cc3)Oc3ccccc3N(C(C)C)C2=O)cc1. The minimum atomic E-state index is -1.51. The molecule has 7 heteroatoms. The number of hydrogen-bond acceptors (Lipinski definition) is 6. The molecule has 1 aliphatic heterocycles. The number of fused-ring (bicyclic) bond motifs is 1. The molecular formula is C27H25NO6. The molecule has 0 radical (unpaired) electrons. The van der Waals surface area contributed by atoms with E-state index in [1.165, 1.54) is 13.8 Å². The Morgan fingerprint density at radius 3 is 1.71 bits per heavy atom. The zero-order valence-corrected chi connectivity index (χ0v) is 19.4. The quantitative estimate of drug-likeness (QED) is 0.409. The van der Waals surface area contributed by atoms with Gasteiger partial charge in [-0.1, -0.05) is 36.4 Å². The van der Waals surface area contributed by atoms with Gasteiger partial charge in [-0.15, -0.1) is 0 Å². The number of para-hydroxylation sites is 2. The summed E-state index contributed by atoms with van der Waals surface area (Å²) in [5.41, 5.74) is 0.302. The molecule has 1 aliphatic rings. The Labute approximate surface area is 197 Å². The fourth-order valence-corrected chi connectivity index (χ4v) is 4.12. The van der Waals surface area contributed by atoms with E-state index >= 15 is 0 Å². The molecule has 4 rings (SSSR count). The summed E-state index contributed by atoms with van der Waals surface area (Å²) in [7, 11) is 0.